The van der Waals surface area contributed by atoms with Gasteiger partial charge in [-0.25, -0.2) is 9.48 Å². The predicted molar refractivity (Wildman–Crippen MR) is 82.0 cm³/mol. The van der Waals surface area contributed by atoms with E-state index in [4.69, 9.17) is 0 Å². The maximum atomic E-state index is 11.4. The van der Waals surface area contributed by atoms with E-state index in [2.05, 4.69) is 10.1 Å². The van der Waals surface area contributed by atoms with E-state index in [1.807, 2.05) is 0 Å². The first kappa shape index (κ1) is 15.9. The summed E-state index contributed by atoms with van der Waals surface area (Å²) in [5.74, 6) is -1.49. The molecule has 0 bridgehead atoms. The first-order valence-corrected chi connectivity index (χ1v) is 8.48. The molecule has 11 heteroatoms. The summed E-state index contributed by atoms with van der Waals surface area (Å²) in [6.45, 7) is 0. The molecule has 1 unspecified atom stereocenters. The largest absolute Gasteiger partial charge is 0.488 e. The number of aryl methyl sites for hydroxylation is 1. The molecule has 0 spiro atoms. The number of hydrogen-bond acceptors (Lipinski definition) is 8. The number of carbonyl (C=O) groups excluding carboxylic acids is 1. The van der Waals surface area contributed by atoms with Crippen molar-refractivity contribution in [3.8, 4) is 5.88 Å². The Bertz CT molecular complexity index is 777. The summed E-state index contributed by atoms with van der Waals surface area (Å²) in [6.07, 6.45) is 1.79. The number of hydrogen-bond donors (Lipinski definition) is 2. The second kappa shape index (κ2) is 5.89. The van der Waals surface area contributed by atoms with Crippen LogP contribution in [0.2, 0.25) is 0 Å². The highest BCUT2D eigenvalue weighted by molar-refractivity contribution is 8.03. The van der Waals surface area contributed by atoms with Crippen molar-refractivity contribution in [1.29, 1.82) is 0 Å². The molecule has 3 heterocycles. The van der Waals surface area contributed by atoms with Crippen molar-refractivity contribution in [1.82, 2.24) is 19.7 Å². The van der Waals surface area contributed by atoms with Crippen LogP contribution in [0.15, 0.2) is 21.7 Å². The molecule has 2 aliphatic heterocycles. The third kappa shape index (κ3) is 2.93. The van der Waals surface area contributed by atoms with E-state index in [0.717, 1.165) is 0 Å². The van der Waals surface area contributed by atoms with Crippen LogP contribution in [0.5, 0.6) is 5.88 Å². The van der Waals surface area contributed by atoms with Gasteiger partial charge >= 0.3 is 11.5 Å². The van der Waals surface area contributed by atoms with Gasteiger partial charge in [-0.3, -0.25) is 9.59 Å². The Labute approximate surface area is 138 Å². The molecule has 3 rings (SSSR count). The van der Waals surface area contributed by atoms with E-state index < -0.39 is 17.4 Å². The second-order valence-corrected chi connectivity index (χ2v) is 7.30. The molecule has 1 fully saturated rings. The van der Waals surface area contributed by atoms with Gasteiger partial charge in [-0.2, -0.15) is 4.98 Å². The van der Waals surface area contributed by atoms with Crippen molar-refractivity contribution in [2.75, 3.05) is 5.75 Å². The minimum atomic E-state index is -1.08. The molecule has 1 aromatic heterocycles. The number of aliphatic carboxylic acids is 1. The summed E-state index contributed by atoms with van der Waals surface area (Å²) < 4.78 is 1.26. The van der Waals surface area contributed by atoms with Crippen LogP contribution in [0.4, 0.5) is 0 Å². The van der Waals surface area contributed by atoms with Crippen molar-refractivity contribution >= 4 is 35.4 Å². The zero-order valence-electron chi connectivity index (χ0n) is 11.9. The Morgan fingerprint density at radius 1 is 1.52 bits per heavy atom. The van der Waals surface area contributed by atoms with E-state index in [1.54, 1.807) is 0 Å². The Morgan fingerprint density at radius 2 is 2.26 bits per heavy atom. The topological polar surface area (TPSA) is 126 Å². The molecule has 0 aromatic carbocycles. The van der Waals surface area contributed by atoms with Gasteiger partial charge in [-0.05, 0) is 0 Å². The number of nitrogens with zero attached hydrogens (tertiary/aromatic N) is 4. The lowest BCUT2D eigenvalue weighted by atomic mass is 10.1. The quantitative estimate of drug-likeness (QED) is 0.548. The lowest BCUT2D eigenvalue weighted by molar-refractivity contribution is -0.138. The predicted octanol–water partition coefficient (Wildman–Crippen LogP) is -0.385. The van der Waals surface area contributed by atoms with Crippen molar-refractivity contribution in [3.63, 3.8) is 0 Å². The molecular weight excluding hydrogens is 344 g/mol. The molecule has 2 atom stereocenters. The number of amides is 1. The Kier molecular flexibility index (Phi) is 4.06. The van der Waals surface area contributed by atoms with Crippen molar-refractivity contribution < 1.29 is 19.8 Å². The number of carbonyl (C=O) groups is 2. The summed E-state index contributed by atoms with van der Waals surface area (Å²) in [6, 6.07) is 0. The van der Waals surface area contributed by atoms with Crippen LogP contribution in [0.3, 0.4) is 0 Å². The summed E-state index contributed by atoms with van der Waals surface area (Å²) >= 11 is 2.58. The Morgan fingerprint density at radius 3 is 2.91 bits per heavy atom. The minimum Gasteiger partial charge on any atom is -0.488 e. The number of fused-ring (bicyclic) bond motifs is 1. The summed E-state index contributed by atoms with van der Waals surface area (Å²) in [7, 11) is 1.53. The zero-order chi connectivity index (χ0) is 16.7. The lowest BCUT2D eigenvalue weighted by Gasteiger charge is -2.43. The number of β-lactam (4-membered cyclic amide) rings is 1. The van der Waals surface area contributed by atoms with Gasteiger partial charge in [0.15, 0.2) is 5.16 Å². The van der Waals surface area contributed by atoms with Crippen LogP contribution < -0.4 is 5.56 Å². The van der Waals surface area contributed by atoms with E-state index in [-0.39, 0.29) is 27.3 Å². The molecule has 23 heavy (non-hydrogen) atoms. The van der Waals surface area contributed by atoms with Crippen molar-refractivity contribution in [2.24, 2.45) is 7.05 Å². The second-order valence-electron chi connectivity index (χ2n) is 4.93. The summed E-state index contributed by atoms with van der Waals surface area (Å²) in [5.41, 5.74) is -0.685. The number of rotatable bonds is 4. The smallest absolute Gasteiger partial charge is 0.336 e. The minimum absolute atomic E-state index is 0.0362. The van der Waals surface area contributed by atoms with Gasteiger partial charge in [0.1, 0.15) is 0 Å². The number of carboxylic acids is 1. The molecule has 1 amide bonds. The molecule has 0 saturated carbocycles. The number of aromatic hydroxyl groups is 1. The van der Waals surface area contributed by atoms with Gasteiger partial charge < -0.3 is 15.1 Å². The first-order chi connectivity index (χ1) is 10.9. The highest BCUT2D eigenvalue weighted by Gasteiger charge is 2.43. The molecule has 122 valence electrons. The summed E-state index contributed by atoms with van der Waals surface area (Å²) in [4.78, 5) is 39.3. The standard InChI is InChI=1S/C12H12N4O5S2/c1-15-12(13-9(18)10(19)14-15)22-4-6-5(11(20)21)3-16-7(17)2-8(16)23-6/h3,6,8H,2,4H2,1H3,(H,14,19)(H,20,21)/t6?,8-/m1/s1. The average Bonchev–Trinajstić information content (AvgIpc) is 2.48. The van der Waals surface area contributed by atoms with Crippen LogP contribution in [-0.2, 0) is 16.6 Å². The van der Waals surface area contributed by atoms with Crippen LogP contribution in [0.1, 0.15) is 6.42 Å². The molecule has 0 radical (unpaired) electrons. The van der Waals surface area contributed by atoms with Gasteiger partial charge in [0, 0.05) is 24.3 Å². The van der Waals surface area contributed by atoms with E-state index in [0.29, 0.717) is 12.2 Å². The average molecular weight is 356 g/mol. The maximum Gasteiger partial charge on any atom is 0.336 e. The normalized spacial score (nSPS) is 23.1. The number of thioether (sulfide) groups is 2. The van der Waals surface area contributed by atoms with Gasteiger partial charge in [-0.1, -0.05) is 11.8 Å². The highest BCUT2D eigenvalue weighted by atomic mass is 32.2. The van der Waals surface area contributed by atoms with Crippen molar-refractivity contribution in [3.05, 3.63) is 22.1 Å². The fraction of sp³-hybridized carbons (Fsp3) is 0.417. The molecule has 0 aliphatic carbocycles. The third-order valence-electron chi connectivity index (χ3n) is 3.41. The van der Waals surface area contributed by atoms with Gasteiger partial charge in [-0.15, -0.1) is 16.9 Å². The molecular formula is C12H12N4O5S2. The third-order valence-corrected chi connectivity index (χ3v) is 6.20. The van der Waals surface area contributed by atoms with Crippen molar-refractivity contribution in [2.45, 2.75) is 22.2 Å². The molecule has 2 N–H and O–H groups in total. The molecule has 2 aliphatic rings. The number of carboxylic acid groups (broad SMARTS) is 1. The Balaban J connectivity index is 1.77. The fourth-order valence-corrected chi connectivity index (χ4v) is 4.81. The van der Waals surface area contributed by atoms with Gasteiger partial charge in [0.05, 0.1) is 17.4 Å². The monoisotopic (exact) mass is 356 g/mol. The fourth-order valence-electron chi connectivity index (χ4n) is 2.20. The SMILES string of the molecule is Cn1nc(O)c(=O)nc1SCC1S[C@@H]2CC(=O)N2C=C1C(=O)O. The summed E-state index contributed by atoms with van der Waals surface area (Å²) in [5, 5.41) is 22.1. The van der Waals surface area contributed by atoms with Crippen LogP contribution in [0, 0.1) is 0 Å². The van der Waals surface area contributed by atoms with Crippen LogP contribution in [0.25, 0.3) is 0 Å². The highest BCUT2D eigenvalue weighted by Crippen LogP contribution is 2.41. The van der Waals surface area contributed by atoms with Crippen LogP contribution >= 0.6 is 23.5 Å². The van der Waals surface area contributed by atoms with Crippen LogP contribution in [-0.4, -0.2) is 58.1 Å². The van der Waals surface area contributed by atoms with E-state index in [9.17, 15) is 24.6 Å². The lowest BCUT2D eigenvalue weighted by Crippen LogP contribution is -2.51. The molecule has 1 aromatic rings. The maximum absolute atomic E-state index is 11.4. The van der Waals surface area contributed by atoms with E-state index in [1.165, 1.54) is 46.4 Å². The first-order valence-electron chi connectivity index (χ1n) is 6.55. The zero-order valence-corrected chi connectivity index (χ0v) is 13.5. The van der Waals surface area contributed by atoms with Gasteiger partial charge in [0.2, 0.25) is 5.91 Å². The Hall–Kier alpha value is -2.01. The van der Waals surface area contributed by atoms with E-state index >= 15 is 0 Å². The molecule has 1 saturated heterocycles. The van der Waals surface area contributed by atoms with Gasteiger partial charge in [0.25, 0.3) is 5.88 Å². The number of aromatic nitrogens is 3. The molecule has 9 nitrogen and oxygen atoms in total.